The first-order valence-corrected chi connectivity index (χ1v) is 4.66. The van der Waals surface area contributed by atoms with Crippen LogP contribution in [0.1, 0.15) is 38.4 Å². The van der Waals surface area contributed by atoms with E-state index in [1.807, 2.05) is 19.2 Å². The first kappa shape index (κ1) is 11.2. The van der Waals surface area contributed by atoms with Gasteiger partial charge >= 0.3 is 0 Å². The molecule has 68 valence electrons. The predicted molar refractivity (Wildman–Crippen MR) is 54.3 cm³/mol. The Morgan fingerprint density at radius 1 is 1.17 bits per heavy atom. The van der Waals surface area contributed by atoms with Crippen molar-refractivity contribution in [2.24, 2.45) is 0 Å². The Kier molecular flexibility index (Phi) is 6.35. The highest BCUT2D eigenvalue weighted by Crippen LogP contribution is 1.98. The third-order valence-corrected chi connectivity index (χ3v) is 1.38. The van der Waals surface area contributed by atoms with Crippen LogP contribution >= 0.6 is 0 Å². The normalized spacial score (nSPS) is 8.67. The average Bonchev–Trinajstić information content (AvgIpc) is 2.07. The van der Waals surface area contributed by atoms with Gasteiger partial charge in [0.05, 0.1) is 0 Å². The summed E-state index contributed by atoms with van der Waals surface area (Å²) in [5.74, 6) is 0. The van der Waals surface area contributed by atoms with Crippen molar-refractivity contribution in [1.82, 2.24) is 4.98 Å². The lowest BCUT2D eigenvalue weighted by molar-refractivity contribution is 1.08. The monoisotopic (exact) mass is 165 g/mol. The fourth-order valence-electron chi connectivity index (χ4n) is 0.708. The topological polar surface area (TPSA) is 12.9 Å². The molecule has 0 aromatic carbocycles. The summed E-state index contributed by atoms with van der Waals surface area (Å²) in [6.07, 6.45) is 4.25. The van der Waals surface area contributed by atoms with Crippen LogP contribution in [0.5, 0.6) is 0 Å². The third kappa shape index (κ3) is 4.89. The molecule has 0 fully saturated rings. The molecule has 0 aliphatic rings. The predicted octanol–water partition coefficient (Wildman–Crippen LogP) is 3.37. The second kappa shape index (κ2) is 6.84. The van der Waals surface area contributed by atoms with Crippen molar-refractivity contribution >= 4 is 0 Å². The van der Waals surface area contributed by atoms with E-state index in [2.05, 4.69) is 31.8 Å². The summed E-state index contributed by atoms with van der Waals surface area (Å²) < 4.78 is 0. The molecule has 1 heterocycles. The maximum Gasteiger partial charge on any atom is 0.0372 e. The summed E-state index contributed by atoms with van der Waals surface area (Å²) in [5, 5.41) is 0. The van der Waals surface area contributed by atoms with Crippen LogP contribution in [0, 0.1) is 6.92 Å². The fraction of sp³-hybridized carbons (Fsp3) is 0.545. The maximum absolute atomic E-state index is 4.15. The van der Waals surface area contributed by atoms with Crippen LogP contribution in [0.2, 0.25) is 0 Å². The van der Waals surface area contributed by atoms with Crippen LogP contribution in [-0.2, 0) is 6.42 Å². The van der Waals surface area contributed by atoms with Gasteiger partial charge in [0.25, 0.3) is 0 Å². The highest BCUT2D eigenvalue weighted by molar-refractivity contribution is 5.12. The van der Waals surface area contributed by atoms with Crippen LogP contribution in [0.4, 0.5) is 0 Å². The summed E-state index contributed by atoms with van der Waals surface area (Å²) in [6, 6.07) is 4.15. The molecule has 0 saturated carbocycles. The van der Waals surface area contributed by atoms with Crippen molar-refractivity contribution in [3.8, 4) is 0 Å². The van der Waals surface area contributed by atoms with E-state index in [0.717, 1.165) is 12.1 Å². The summed E-state index contributed by atoms with van der Waals surface area (Å²) >= 11 is 0. The minimum absolute atomic E-state index is 1.08. The van der Waals surface area contributed by atoms with Crippen LogP contribution in [0.3, 0.4) is 0 Å². The lowest BCUT2D eigenvalue weighted by Crippen LogP contribution is -1.83. The van der Waals surface area contributed by atoms with Crippen molar-refractivity contribution < 1.29 is 0 Å². The number of hydrogen-bond acceptors (Lipinski definition) is 1. The number of pyridine rings is 1. The molecule has 0 N–H and O–H groups in total. The molecule has 0 radical (unpaired) electrons. The average molecular weight is 165 g/mol. The number of aryl methyl sites for hydroxylation is 2. The molecule has 0 bridgehead atoms. The van der Waals surface area contributed by atoms with Crippen LogP contribution < -0.4 is 0 Å². The van der Waals surface area contributed by atoms with Crippen LogP contribution in [-0.4, -0.2) is 4.98 Å². The smallest absolute Gasteiger partial charge is 0.0372 e. The van der Waals surface area contributed by atoms with E-state index >= 15 is 0 Å². The molecule has 0 aliphatic carbocycles. The molecule has 1 heteroatoms. The zero-order valence-corrected chi connectivity index (χ0v) is 8.59. The summed E-state index contributed by atoms with van der Waals surface area (Å²) in [7, 11) is 0. The van der Waals surface area contributed by atoms with Crippen LogP contribution in [0.25, 0.3) is 0 Å². The lowest BCUT2D eigenvalue weighted by atomic mass is 10.2. The minimum Gasteiger partial charge on any atom is -0.261 e. The first-order chi connectivity index (χ1) is 5.74. The Morgan fingerprint density at radius 3 is 2.08 bits per heavy atom. The van der Waals surface area contributed by atoms with Crippen LogP contribution in [0.15, 0.2) is 18.3 Å². The number of aromatic nitrogens is 1. The molecule has 0 unspecified atom stereocenters. The second-order valence-corrected chi connectivity index (χ2v) is 2.87. The highest BCUT2D eigenvalue weighted by atomic mass is 14.6. The van der Waals surface area contributed by atoms with Crippen molar-refractivity contribution in [2.75, 3.05) is 0 Å². The van der Waals surface area contributed by atoms with Crippen molar-refractivity contribution in [3.63, 3.8) is 0 Å². The Hall–Kier alpha value is -0.850. The number of rotatable bonds is 1. The first-order valence-electron chi connectivity index (χ1n) is 4.66. The fourth-order valence-corrected chi connectivity index (χ4v) is 0.708. The Bertz CT molecular complexity index is 189. The van der Waals surface area contributed by atoms with Gasteiger partial charge < -0.3 is 0 Å². The van der Waals surface area contributed by atoms with Gasteiger partial charge in [-0.2, -0.15) is 0 Å². The van der Waals surface area contributed by atoms with Crippen molar-refractivity contribution in [1.29, 1.82) is 0 Å². The molecule has 0 saturated heterocycles. The highest BCUT2D eigenvalue weighted by Gasteiger charge is 1.86. The summed E-state index contributed by atoms with van der Waals surface area (Å²) in [4.78, 5) is 4.15. The van der Waals surface area contributed by atoms with Gasteiger partial charge in [0.1, 0.15) is 0 Å². The van der Waals surface area contributed by atoms with Gasteiger partial charge in [-0.05, 0) is 25.0 Å². The van der Waals surface area contributed by atoms with E-state index in [1.54, 1.807) is 0 Å². The molecule has 1 aromatic rings. The van der Waals surface area contributed by atoms with Gasteiger partial charge in [-0.15, -0.1) is 0 Å². The maximum atomic E-state index is 4.15. The summed E-state index contributed by atoms with van der Waals surface area (Å²) in [5.41, 5.74) is 2.40. The molecule has 12 heavy (non-hydrogen) atoms. The molecular weight excluding hydrogens is 146 g/mol. The standard InChI is InChI=1S/C8H11N.C3H8/c1-3-8-5-4-7(2)9-6-8;1-3-2/h4-6H,3H2,1-2H3;3H2,1-2H3. The van der Waals surface area contributed by atoms with Gasteiger partial charge in [0, 0.05) is 11.9 Å². The summed E-state index contributed by atoms with van der Waals surface area (Å²) in [6.45, 7) is 8.38. The number of nitrogens with zero attached hydrogens (tertiary/aromatic N) is 1. The molecule has 1 nitrogen and oxygen atoms in total. The van der Waals surface area contributed by atoms with E-state index in [9.17, 15) is 0 Å². The largest absolute Gasteiger partial charge is 0.261 e. The van der Waals surface area contributed by atoms with E-state index in [4.69, 9.17) is 0 Å². The van der Waals surface area contributed by atoms with Gasteiger partial charge in [-0.25, -0.2) is 0 Å². The quantitative estimate of drug-likeness (QED) is 0.621. The number of hydrogen-bond donors (Lipinski definition) is 0. The van der Waals surface area contributed by atoms with Gasteiger partial charge in [0.15, 0.2) is 0 Å². The Morgan fingerprint density at radius 2 is 1.75 bits per heavy atom. The van der Waals surface area contributed by atoms with E-state index in [0.29, 0.717) is 0 Å². The second-order valence-electron chi connectivity index (χ2n) is 2.87. The minimum atomic E-state index is 1.08. The van der Waals surface area contributed by atoms with E-state index < -0.39 is 0 Å². The zero-order valence-electron chi connectivity index (χ0n) is 8.59. The molecule has 0 spiro atoms. The van der Waals surface area contributed by atoms with Gasteiger partial charge in [-0.3, -0.25) is 4.98 Å². The molecule has 0 amide bonds. The van der Waals surface area contributed by atoms with Crippen molar-refractivity contribution in [3.05, 3.63) is 29.6 Å². The Labute approximate surface area is 75.8 Å². The van der Waals surface area contributed by atoms with E-state index in [1.165, 1.54) is 12.0 Å². The molecule has 1 aromatic heterocycles. The van der Waals surface area contributed by atoms with Gasteiger partial charge in [-0.1, -0.05) is 33.3 Å². The third-order valence-electron chi connectivity index (χ3n) is 1.38. The van der Waals surface area contributed by atoms with Gasteiger partial charge in [0.2, 0.25) is 0 Å². The lowest BCUT2D eigenvalue weighted by Gasteiger charge is -1.93. The Balaban J connectivity index is 0.000000354. The zero-order chi connectivity index (χ0) is 9.40. The molecule has 0 aliphatic heterocycles. The van der Waals surface area contributed by atoms with E-state index in [-0.39, 0.29) is 0 Å². The molecular formula is C11H19N. The molecule has 0 atom stereocenters. The SMILES string of the molecule is CCC.CCc1ccc(C)nc1. The van der Waals surface area contributed by atoms with Crippen molar-refractivity contribution in [2.45, 2.75) is 40.5 Å². The molecule has 1 rings (SSSR count).